The highest BCUT2D eigenvalue weighted by Crippen LogP contribution is 2.29. The summed E-state index contributed by atoms with van der Waals surface area (Å²) in [6.07, 6.45) is 0. The molecule has 0 aliphatic rings. The van der Waals surface area contributed by atoms with Crippen molar-refractivity contribution >= 4 is 27.3 Å². The summed E-state index contributed by atoms with van der Waals surface area (Å²) in [7, 11) is 1.94. The molecule has 15 heavy (non-hydrogen) atoms. The van der Waals surface area contributed by atoms with Crippen LogP contribution in [0.25, 0.3) is 0 Å². The molecule has 0 spiro atoms. The Labute approximate surface area is 101 Å². The third-order valence-electron chi connectivity index (χ3n) is 2.37. The molecule has 0 aromatic carbocycles. The van der Waals surface area contributed by atoms with E-state index in [1.165, 1.54) is 11.1 Å². The van der Waals surface area contributed by atoms with Crippen molar-refractivity contribution in [3.8, 4) is 0 Å². The van der Waals surface area contributed by atoms with Gasteiger partial charge in [-0.25, -0.2) is 0 Å². The van der Waals surface area contributed by atoms with Gasteiger partial charge >= 0.3 is 0 Å². The van der Waals surface area contributed by atoms with Gasteiger partial charge in [-0.05, 0) is 63.9 Å². The van der Waals surface area contributed by atoms with E-state index in [4.69, 9.17) is 4.42 Å². The first-order valence-corrected chi connectivity index (χ1v) is 6.41. The molecule has 2 heterocycles. The fourth-order valence-corrected chi connectivity index (χ4v) is 2.80. The Morgan fingerprint density at radius 1 is 1.40 bits per heavy atom. The third-order valence-corrected chi connectivity index (χ3v) is 3.68. The minimum Gasteiger partial charge on any atom is -0.452 e. The second kappa shape index (κ2) is 4.51. The Morgan fingerprint density at radius 3 is 2.67 bits per heavy atom. The van der Waals surface area contributed by atoms with Crippen molar-refractivity contribution in [3.63, 3.8) is 0 Å². The maximum absolute atomic E-state index is 5.57. The van der Waals surface area contributed by atoms with Crippen LogP contribution in [0.3, 0.4) is 0 Å². The molecule has 0 aliphatic carbocycles. The van der Waals surface area contributed by atoms with Gasteiger partial charge in [0.05, 0.1) is 6.04 Å². The summed E-state index contributed by atoms with van der Waals surface area (Å²) in [5.74, 6) is 0.936. The fraction of sp³-hybridized carbons (Fsp3) is 0.273. The van der Waals surface area contributed by atoms with E-state index < -0.39 is 0 Å². The molecule has 2 aromatic heterocycles. The van der Waals surface area contributed by atoms with Gasteiger partial charge in [0.1, 0.15) is 5.76 Å². The lowest BCUT2D eigenvalue weighted by molar-refractivity contribution is 0.447. The minimum atomic E-state index is 0.141. The van der Waals surface area contributed by atoms with E-state index in [2.05, 4.69) is 38.9 Å². The zero-order chi connectivity index (χ0) is 10.8. The van der Waals surface area contributed by atoms with Gasteiger partial charge in [0.25, 0.3) is 0 Å². The van der Waals surface area contributed by atoms with Crippen molar-refractivity contribution in [2.75, 3.05) is 7.05 Å². The second-order valence-electron chi connectivity index (χ2n) is 3.37. The molecule has 2 rings (SSSR count). The van der Waals surface area contributed by atoms with E-state index in [0.29, 0.717) is 0 Å². The van der Waals surface area contributed by atoms with Gasteiger partial charge in [0.15, 0.2) is 4.67 Å². The van der Waals surface area contributed by atoms with Gasteiger partial charge < -0.3 is 9.73 Å². The third kappa shape index (κ3) is 2.17. The van der Waals surface area contributed by atoms with E-state index in [-0.39, 0.29) is 6.04 Å². The number of aryl methyl sites for hydroxylation is 1. The van der Waals surface area contributed by atoms with Gasteiger partial charge in [-0.3, -0.25) is 0 Å². The second-order valence-corrected chi connectivity index (χ2v) is 4.90. The first-order chi connectivity index (χ1) is 7.22. The standard InChI is InChI=1S/C11H12BrNOS/c1-7-5-15-6-8(7)11(13-2)9-3-4-10(12)14-9/h3-6,11,13H,1-2H3. The van der Waals surface area contributed by atoms with E-state index in [9.17, 15) is 0 Å². The SMILES string of the molecule is CNC(c1ccc(Br)o1)c1cscc1C. The molecule has 0 saturated carbocycles. The lowest BCUT2D eigenvalue weighted by Crippen LogP contribution is -2.17. The molecule has 2 nitrogen and oxygen atoms in total. The summed E-state index contributed by atoms with van der Waals surface area (Å²) in [6.45, 7) is 2.12. The van der Waals surface area contributed by atoms with Crippen LogP contribution in [0.5, 0.6) is 0 Å². The van der Waals surface area contributed by atoms with Crippen LogP contribution in [-0.4, -0.2) is 7.05 Å². The molecule has 1 unspecified atom stereocenters. The molecule has 1 atom stereocenters. The molecule has 0 radical (unpaired) electrons. The van der Waals surface area contributed by atoms with Crippen molar-refractivity contribution in [3.05, 3.63) is 44.4 Å². The largest absolute Gasteiger partial charge is 0.452 e. The Hall–Kier alpha value is -0.580. The number of rotatable bonds is 3. The zero-order valence-electron chi connectivity index (χ0n) is 8.58. The lowest BCUT2D eigenvalue weighted by Gasteiger charge is -2.13. The summed E-state index contributed by atoms with van der Waals surface area (Å²) < 4.78 is 6.34. The normalized spacial score (nSPS) is 13.0. The summed E-state index contributed by atoms with van der Waals surface area (Å²) >= 11 is 5.04. The number of hydrogen-bond donors (Lipinski definition) is 1. The van der Waals surface area contributed by atoms with Crippen LogP contribution in [-0.2, 0) is 0 Å². The smallest absolute Gasteiger partial charge is 0.169 e. The first kappa shape index (κ1) is 10.9. The van der Waals surface area contributed by atoms with E-state index in [0.717, 1.165) is 10.4 Å². The van der Waals surface area contributed by atoms with E-state index in [1.54, 1.807) is 11.3 Å². The molecule has 0 fully saturated rings. The molecule has 0 amide bonds. The average Bonchev–Trinajstić information content (AvgIpc) is 2.79. The van der Waals surface area contributed by atoms with Crippen LogP contribution in [0.15, 0.2) is 32.0 Å². The lowest BCUT2D eigenvalue weighted by atomic mass is 10.0. The van der Waals surface area contributed by atoms with Crippen LogP contribution >= 0.6 is 27.3 Å². The number of thiophene rings is 1. The van der Waals surface area contributed by atoms with Gasteiger partial charge in [0.2, 0.25) is 0 Å². The Balaban J connectivity index is 2.36. The summed E-state index contributed by atoms with van der Waals surface area (Å²) in [6, 6.07) is 4.05. The Bertz CT molecular complexity index is 449. The molecular weight excluding hydrogens is 274 g/mol. The van der Waals surface area contributed by atoms with Crippen LogP contribution in [0.1, 0.15) is 22.9 Å². The topological polar surface area (TPSA) is 25.2 Å². The Morgan fingerprint density at radius 2 is 2.20 bits per heavy atom. The van der Waals surface area contributed by atoms with Crippen molar-refractivity contribution < 1.29 is 4.42 Å². The van der Waals surface area contributed by atoms with Gasteiger partial charge in [0, 0.05) is 0 Å². The monoisotopic (exact) mass is 285 g/mol. The number of hydrogen-bond acceptors (Lipinski definition) is 3. The zero-order valence-corrected chi connectivity index (χ0v) is 11.0. The predicted molar refractivity (Wildman–Crippen MR) is 66.4 cm³/mol. The van der Waals surface area contributed by atoms with Crippen molar-refractivity contribution in [1.29, 1.82) is 0 Å². The number of furan rings is 1. The predicted octanol–water partition coefficient (Wildman–Crippen LogP) is 3.72. The fourth-order valence-electron chi connectivity index (χ4n) is 1.60. The highest BCUT2D eigenvalue weighted by atomic mass is 79.9. The molecule has 1 N–H and O–H groups in total. The summed E-state index contributed by atoms with van der Waals surface area (Å²) in [4.78, 5) is 0. The average molecular weight is 286 g/mol. The van der Waals surface area contributed by atoms with Crippen molar-refractivity contribution in [1.82, 2.24) is 5.32 Å². The van der Waals surface area contributed by atoms with Crippen LogP contribution < -0.4 is 5.32 Å². The minimum absolute atomic E-state index is 0.141. The molecule has 0 bridgehead atoms. The van der Waals surface area contributed by atoms with Crippen molar-refractivity contribution in [2.24, 2.45) is 0 Å². The van der Waals surface area contributed by atoms with Crippen LogP contribution in [0, 0.1) is 6.92 Å². The maximum Gasteiger partial charge on any atom is 0.169 e. The van der Waals surface area contributed by atoms with Crippen LogP contribution in [0.2, 0.25) is 0 Å². The molecule has 0 aliphatic heterocycles. The molecule has 4 heteroatoms. The summed E-state index contributed by atoms with van der Waals surface area (Å²) in [5, 5.41) is 7.58. The highest BCUT2D eigenvalue weighted by Gasteiger charge is 2.17. The highest BCUT2D eigenvalue weighted by molar-refractivity contribution is 9.10. The Kier molecular flexibility index (Phi) is 3.29. The summed E-state index contributed by atoms with van der Waals surface area (Å²) in [5.41, 5.74) is 2.58. The molecule has 2 aromatic rings. The van der Waals surface area contributed by atoms with Gasteiger partial charge in [-0.15, -0.1) is 0 Å². The van der Waals surface area contributed by atoms with Crippen molar-refractivity contribution in [2.45, 2.75) is 13.0 Å². The van der Waals surface area contributed by atoms with E-state index >= 15 is 0 Å². The van der Waals surface area contributed by atoms with E-state index in [1.807, 2.05) is 19.2 Å². The maximum atomic E-state index is 5.57. The quantitative estimate of drug-likeness (QED) is 0.930. The molecule has 0 saturated heterocycles. The first-order valence-electron chi connectivity index (χ1n) is 4.67. The van der Waals surface area contributed by atoms with Gasteiger partial charge in [-0.2, -0.15) is 11.3 Å². The molecular formula is C11H12BrNOS. The molecule has 80 valence electrons. The van der Waals surface area contributed by atoms with Crippen LogP contribution in [0.4, 0.5) is 0 Å². The number of halogens is 1. The van der Waals surface area contributed by atoms with Gasteiger partial charge in [-0.1, -0.05) is 0 Å². The number of nitrogens with one attached hydrogen (secondary N) is 1.